The Morgan fingerprint density at radius 2 is 1.88 bits per heavy atom. The molecule has 0 unspecified atom stereocenters. The highest BCUT2D eigenvalue weighted by atomic mass is 16.1. The number of anilines is 1. The van der Waals surface area contributed by atoms with Gasteiger partial charge in [-0.1, -0.05) is 18.2 Å². The van der Waals surface area contributed by atoms with E-state index < -0.39 is 0 Å². The number of aromatic nitrogens is 1. The summed E-state index contributed by atoms with van der Waals surface area (Å²) in [6.45, 7) is 2.35. The van der Waals surface area contributed by atoms with Crippen molar-refractivity contribution in [1.82, 2.24) is 9.47 Å². The summed E-state index contributed by atoms with van der Waals surface area (Å²) in [7, 11) is 4.13. The lowest BCUT2D eigenvalue weighted by molar-refractivity contribution is 0.102. The van der Waals surface area contributed by atoms with Crippen LogP contribution in [0.5, 0.6) is 0 Å². The Kier molecular flexibility index (Phi) is 5.16. The molecule has 1 amide bonds. The van der Waals surface area contributed by atoms with Crippen LogP contribution in [0.1, 0.15) is 15.9 Å². The highest BCUT2D eigenvalue weighted by Gasteiger charge is 2.08. The summed E-state index contributed by atoms with van der Waals surface area (Å²) in [4.78, 5) is 14.6. The van der Waals surface area contributed by atoms with Crippen molar-refractivity contribution in [2.45, 2.75) is 13.1 Å². The fraction of sp³-hybridized carbons (Fsp3) is 0.250. The second-order valence-corrected chi connectivity index (χ2v) is 6.44. The molecule has 2 aromatic carbocycles. The van der Waals surface area contributed by atoms with Crippen molar-refractivity contribution in [2.75, 3.05) is 26.0 Å². The molecule has 25 heavy (non-hydrogen) atoms. The average molecular weight is 336 g/mol. The van der Waals surface area contributed by atoms with Gasteiger partial charge < -0.3 is 20.5 Å². The zero-order valence-corrected chi connectivity index (χ0v) is 14.7. The van der Waals surface area contributed by atoms with E-state index in [1.165, 1.54) is 5.39 Å². The van der Waals surface area contributed by atoms with Gasteiger partial charge in [0.2, 0.25) is 0 Å². The topological polar surface area (TPSA) is 63.3 Å². The van der Waals surface area contributed by atoms with Crippen molar-refractivity contribution in [1.29, 1.82) is 0 Å². The van der Waals surface area contributed by atoms with Gasteiger partial charge in [0.25, 0.3) is 5.91 Å². The zero-order chi connectivity index (χ0) is 17.8. The van der Waals surface area contributed by atoms with E-state index in [4.69, 9.17) is 5.73 Å². The van der Waals surface area contributed by atoms with Crippen LogP contribution in [-0.4, -0.2) is 36.0 Å². The van der Waals surface area contributed by atoms with Gasteiger partial charge in [-0.05, 0) is 55.4 Å². The number of likely N-dealkylation sites (N-methyl/N-ethyl adjacent to an activating group) is 1. The van der Waals surface area contributed by atoms with Crippen LogP contribution >= 0.6 is 0 Å². The van der Waals surface area contributed by atoms with Crippen LogP contribution < -0.4 is 11.1 Å². The third-order valence-corrected chi connectivity index (χ3v) is 4.27. The highest BCUT2D eigenvalue weighted by Crippen LogP contribution is 2.21. The number of carbonyl (C=O) groups excluding carboxylic acids is 1. The van der Waals surface area contributed by atoms with Crippen LogP contribution in [-0.2, 0) is 13.1 Å². The van der Waals surface area contributed by atoms with Crippen LogP contribution in [0.2, 0.25) is 0 Å². The summed E-state index contributed by atoms with van der Waals surface area (Å²) < 4.78 is 2.21. The second-order valence-electron chi connectivity index (χ2n) is 6.44. The summed E-state index contributed by atoms with van der Waals surface area (Å²) in [5, 5.41) is 4.15. The normalized spacial score (nSPS) is 11.2. The van der Waals surface area contributed by atoms with E-state index in [0.717, 1.165) is 29.9 Å². The molecule has 0 bridgehead atoms. The lowest BCUT2D eigenvalue weighted by Gasteiger charge is -2.12. The minimum absolute atomic E-state index is 0.116. The maximum Gasteiger partial charge on any atom is 0.255 e. The van der Waals surface area contributed by atoms with Crippen molar-refractivity contribution in [3.05, 3.63) is 65.9 Å². The fourth-order valence-corrected chi connectivity index (χ4v) is 2.76. The summed E-state index contributed by atoms with van der Waals surface area (Å²) in [6, 6.07) is 15.5. The quantitative estimate of drug-likeness (QED) is 0.727. The summed E-state index contributed by atoms with van der Waals surface area (Å²) in [5.41, 5.74) is 9.15. The van der Waals surface area contributed by atoms with E-state index in [1.807, 2.05) is 30.3 Å². The smallest absolute Gasteiger partial charge is 0.255 e. The molecule has 0 fully saturated rings. The first-order valence-corrected chi connectivity index (χ1v) is 8.41. The summed E-state index contributed by atoms with van der Waals surface area (Å²) in [6.07, 6.45) is 2.09. The van der Waals surface area contributed by atoms with Gasteiger partial charge in [0.05, 0.1) is 5.52 Å². The summed E-state index contributed by atoms with van der Waals surface area (Å²) in [5.74, 6) is -0.116. The van der Waals surface area contributed by atoms with Gasteiger partial charge in [-0.15, -0.1) is 0 Å². The molecule has 1 aromatic heterocycles. The van der Waals surface area contributed by atoms with Crippen molar-refractivity contribution >= 4 is 22.5 Å². The molecule has 0 atom stereocenters. The molecular weight excluding hydrogens is 312 g/mol. The number of amides is 1. The van der Waals surface area contributed by atoms with Crippen molar-refractivity contribution in [3.63, 3.8) is 0 Å². The van der Waals surface area contributed by atoms with E-state index in [9.17, 15) is 4.79 Å². The van der Waals surface area contributed by atoms with Crippen LogP contribution in [0.25, 0.3) is 10.9 Å². The zero-order valence-electron chi connectivity index (χ0n) is 14.7. The Morgan fingerprint density at radius 1 is 1.12 bits per heavy atom. The third kappa shape index (κ3) is 4.07. The van der Waals surface area contributed by atoms with Crippen molar-refractivity contribution in [2.24, 2.45) is 5.73 Å². The molecule has 3 N–H and O–H groups in total. The number of nitrogens with one attached hydrogen (secondary N) is 1. The van der Waals surface area contributed by atoms with Gasteiger partial charge in [0.15, 0.2) is 0 Å². The van der Waals surface area contributed by atoms with Crippen LogP contribution in [0.4, 0.5) is 5.69 Å². The molecular formula is C20H24N4O. The van der Waals surface area contributed by atoms with Gasteiger partial charge in [-0.3, -0.25) is 4.79 Å². The predicted octanol–water partition coefficient (Wildman–Crippen LogP) is 2.91. The number of hydrogen-bond acceptors (Lipinski definition) is 3. The predicted molar refractivity (Wildman–Crippen MR) is 103 cm³/mol. The maximum atomic E-state index is 12.4. The minimum Gasteiger partial charge on any atom is -0.346 e. The molecule has 1 heterocycles. The van der Waals surface area contributed by atoms with E-state index in [0.29, 0.717) is 12.1 Å². The van der Waals surface area contributed by atoms with E-state index >= 15 is 0 Å². The SMILES string of the molecule is CN(C)CCn1ccc2ccc(NC(=O)c3ccc(CN)cc3)cc21. The van der Waals surface area contributed by atoms with Crippen molar-refractivity contribution in [3.8, 4) is 0 Å². The van der Waals surface area contributed by atoms with Gasteiger partial charge >= 0.3 is 0 Å². The van der Waals surface area contributed by atoms with E-state index in [1.54, 1.807) is 12.1 Å². The first kappa shape index (κ1) is 17.2. The third-order valence-electron chi connectivity index (χ3n) is 4.27. The van der Waals surface area contributed by atoms with Gasteiger partial charge in [0.1, 0.15) is 0 Å². The Bertz CT molecular complexity index is 865. The maximum absolute atomic E-state index is 12.4. The first-order chi connectivity index (χ1) is 12.1. The van der Waals surface area contributed by atoms with Crippen LogP contribution in [0.3, 0.4) is 0 Å². The number of benzene rings is 2. The fourth-order valence-electron chi connectivity index (χ4n) is 2.76. The molecule has 0 saturated heterocycles. The minimum atomic E-state index is -0.116. The van der Waals surface area contributed by atoms with Gasteiger partial charge in [-0.25, -0.2) is 0 Å². The second kappa shape index (κ2) is 7.51. The Morgan fingerprint density at radius 3 is 2.56 bits per heavy atom. The monoisotopic (exact) mass is 336 g/mol. The van der Waals surface area contributed by atoms with Crippen LogP contribution in [0, 0.1) is 0 Å². The Balaban J connectivity index is 1.78. The lowest BCUT2D eigenvalue weighted by Crippen LogP contribution is -2.18. The molecule has 0 aliphatic heterocycles. The molecule has 130 valence electrons. The molecule has 0 radical (unpaired) electrons. The number of hydrogen-bond donors (Lipinski definition) is 2. The molecule has 5 heteroatoms. The lowest BCUT2D eigenvalue weighted by atomic mass is 10.1. The van der Waals surface area contributed by atoms with E-state index in [-0.39, 0.29) is 5.91 Å². The number of carbonyl (C=O) groups is 1. The molecule has 0 spiro atoms. The molecule has 0 saturated carbocycles. The Labute approximate surface area is 148 Å². The number of nitrogens with two attached hydrogens (primary N) is 1. The highest BCUT2D eigenvalue weighted by molar-refractivity contribution is 6.05. The number of rotatable bonds is 6. The van der Waals surface area contributed by atoms with E-state index in [2.05, 4.69) is 41.1 Å². The molecule has 0 aliphatic carbocycles. The number of nitrogens with zero attached hydrogens (tertiary/aromatic N) is 2. The van der Waals surface area contributed by atoms with Crippen LogP contribution in [0.15, 0.2) is 54.7 Å². The molecule has 0 aliphatic rings. The molecule has 5 nitrogen and oxygen atoms in total. The molecule has 3 aromatic rings. The largest absolute Gasteiger partial charge is 0.346 e. The summed E-state index contributed by atoms with van der Waals surface area (Å²) >= 11 is 0. The van der Waals surface area contributed by atoms with Gasteiger partial charge in [0, 0.05) is 37.1 Å². The van der Waals surface area contributed by atoms with Gasteiger partial charge in [-0.2, -0.15) is 0 Å². The average Bonchev–Trinajstić information content (AvgIpc) is 3.02. The number of fused-ring (bicyclic) bond motifs is 1. The molecule has 3 rings (SSSR count). The standard InChI is InChI=1S/C20H24N4O/c1-23(2)11-12-24-10-9-16-7-8-18(13-19(16)24)22-20(25)17-5-3-15(14-21)4-6-17/h3-10,13H,11-12,14,21H2,1-2H3,(H,22,25). The first-order valence-electron chi connectivity index (χ1n) is 8.41. The Hall–Kier alpha value is -2.63. The van der Waals surface area contributed by atoms with Crippen molar-refractivity contribution < 1.29 is 4.79 Å².